The highest BCUT2D eigenvalue weighted by atomic mass is 32.2. The summed E-state index contributed by atoms with van der Waals surface area (Å²) in [5.41, 5.74) is 0.609. The van der Waals surface area contributed by atoms with Gasteiger partial charge in [-0.2, -0.15) is 0 Å². The topological polar surface area (TPSA) is 75.9 Å². The molecule has 0 radical (unpaired) electrons. The van der Waals surface area contributed by atoms with E-state index in [4.69, 9.17) is 0 Å². The van der Waals surface area contributed by atoms with Crippen molar-refractivity contribution in [2.75, 3.05) is 30.8 Å². The van der Waals surface area contributed by atoms with Crippen LogP contribution in [0.4, 0.5) is 5.82 Å². The number of hydrogen-bond acceptors (Lipinski definition) is 6. The van der Waals surface area contributed by atoms with Crippen molar-refractivity contribution < 1.29 is 4.79 Å². The number of rotatable bonds is 6. The average molecular weight is 375 g/mol. The Balaban J connectivity index is 1.54. The summed E-state index contributed by atoms with van der Waals surface area (Å²) in [6.07, 6.45) is 6.89. The van der Waals surface area contributed by atoms with Gasteiger partial charge in [-0.05, 0) is 44.1 Å². The van der Waals surface area contributed by atoms with E-state index >= 15 is 0 Å². The monoisotopic (exact) mass is 374 g/mol. The molecule has 1 N–H and O–H groups in total. The summed E-state index contributed by atoms with van der Waals surface area (Å²) in [4.78, 5) is 18.6. The first kappa shape index (κ1) is 18.7. The highest BCUT2D eigenvalue weighted by Crippen LogP contribution is 2.25. The molecule has 0 atom stereocenters. The number of aromatic nitrogens is 4. The Labute approximate surface area is 158 Å². The van der Waals surface area contributed by atoms with Crippen molar-refractivity contribution in [3.8, 4) is 0 Å². The van der Waals surface area contributed by atoms with Crippen LogP contribution in [0.2, 0.25) is 0 Å². The maximum atomic E-state index is 11.8. The molecule has 0 aliphatic carbocycles. The Kier molecular flexibility index (Phi) is 6.13. The van der Waals surface area contributed by atoms with Gasteiger partial charge in [-0.25, -0.2) is 4.98 Å². The normalized spacial score (nSPS) is 15.3. The third-order valence-corrected chi connectivity index (χ3v) is 5.59. The smallest absolute Gasteiger partial charge is 0.252 e. The summed E-state index contributed by atoms with van der Waals surface area (Å²) in [5, 5.41) is 12.3. The molecule has 0 bridgehead atoms. The second-order valence-corrected chi connectivity index (χ2v) is 7.33. The van der Waals surface area contributed by atoms with E-state index in [2.05, 4.69) is 30.0 Å². The van der Waals surface area contributed by atoms with Crippen molar-refractivity contribution in [3.05, 3.63) is 29.7 Å². The lowest BCUT2D eigenvalue weighted by Crippen LogP contribution is -2.35. The standard InChI is InChI=1S/C18H26N6OS/c1-4-19-17(25)14-5-6-15(20-12-14)24-9-7-13(8-10-24)11-16-21-22-18(26-3)23(16)2/h5-6,12-13H,4,7-11H2,1-3H3,(H,19,25). The van der Waals surface area contributed by atoms with Gasteiger partial charge in [-0.15, -0.1) is 10.2 Å². The lowest BCUT2D eigenvalue weighted by atomic mass is 9.93. The molecule has 3 rings (SSSR count). The number of anilines is 1. The molecule has 2 aromatic heterocycles. The van der Waals surface area contributed by atoms with E-state index < -0.39 is 0 Å². The van der Waals surface area contributed by atoms with E-state index in [1.165, 1.54) is 0 Å². The Hall–Kier alpha value is -2.09. The van der Waals surface area contributed by atoms with Crippen molar-refractivity contribution >= 4 is 23.5 Å². The third kappa shape index (κ3) is 4.17. The predicted molar refractivity (Wildman–Crippen MR) is 104 cm³/mol. The van der Waals surface area contributed by atoms with Gasteiger partial charge in [-0.3, -0.25) is 4.79 Å². The Morgan fingerprint density at radius 1 is 1.31 bits per heavy atom. The maximum absolute atomic E-state index is 11.8. The molecule has 8 heteroatoms. The van der Waals surface area contributed by atoms with Crippen LogP contribution in [-0.4, -0.2) is 51.5 Å². The number of carbonyl (C=O) groups is 1. The lowest BCUT2D eigenvalue weighted by molar-refractivity contribution is 0.0955. The molecule has 0 aromatic carbocycles. The zero-order valence-electron chi connectivity index (χ0n) is 15.6. The largest absolute Gasteiger partial charge is 0.357 e. The van der Waals surface area contributed by atoms with E-state index in [-0.39, 0.29) is 5.91 Å². The van der Waals surface area contributed by atoms with Crippen LogP contribution in [0.3, 0.4) is 0 Å². The van der Waals surface area contributed by atoms with Crippen LogP contribution in [0.25, 0.3) is 0 Å². The summed E-state index contributed by atoms with van der Waals surface area (Å²) in [6, 6.07) is 3.79. The molecule has 1 amide bonds. The van der Waals surface area contributed by atoms with Gasteiger partial charge >= 0.3 is 0 Å². The van der Waals surface area contributed by atoms with Gasteiger partial charge in [0.2, 0.25) is 0 Å². The molecule has 1 saturated heterocycles. The molecule has 3 heterocycles. The Morgan fingerprint density at radius 3 is 2.65 bits per heavy atom. The van der Waals surface area contributed by atoms with Gasteiger partial charge in [0.05, 0.1) is 5.56 Å². The van der Waals surface area contributed by atoms with Crippen LogP contribution in [0, 0.1) is 5.92 Å². The number of carbonyl (C=O) groups excluding carboxylic acids is 1. The second-order valence-electron chi connectivity index (χ2n) is 6.56. The minimum atomic E-state index is -0.0708. The number of hydrogen-bond donors (Lipinski definition) is 1. The first-order chi connectivity index (χ1) is 12.6. The van der Waals surface area contributed by atoms with Gasteiger partial charge in [0.1, 0.15) is 11.6 Å². The summed E-state index contributed by atoms with van der Waals surface area (Å²) in [7, 11) is 2.04. The molecule has 0 spiro atoms. The fourth-order valence-electron chi connectivity index (χ4n) is 3.30. The van der Waals surface area contributed by atoms with Crippen LogP contribution in [0.1, 0.15) is 35.9 Å². The fraction of sp³-hybridized carbons (Fsp3) is 0.556. The molecule has 0 unspecified atom stereocenters. The Morgan fingerprint density at radius 2 is 2.08 bits per heavy atom. The first-order valence-electron chi connectivity index (χ1n) is 9.03. The highest BCUT2D eigenvalue weighted by Gasteiger charge is 2.22. The quantitative estimate of drug-likeness (QED) is 0.781. The SMILES string of the molecule is CCNC(=O)c1ccc(N2CCC(Cc3nnc(SC)n3C)CC2)nc1. The number of thioether (sulfide) groups is 1. The summed E-state index contributed by atoms with van der Waals surface area (Å²) in [6.45, 7) is 4.49. The minimum Gasteiger partial charge on any atom is -0.357 e. The number of nitrogens with zero attached hydrogens (tertiary/aromatic N) is 5. The zero-order valence-corrected chi connectivity index (χ0v) is 16.4. The fourth-order valence-corrected chi connectivity index (χ4v) is 3.80. The average Bonchev–Trinajstić information content (AvgIpc) is 3.02. The first-order valence-corrected chi connectivity index (χ1v) is 10.3. The number of amides is 1. The van der Waals surface area contributed by atoms with Crippen LogP contribution in [-0.2, 0) is 13.5 Å². The lowest BCUT2D eigenvalue weighted by Gasteiger charge is -2.32. The molecule has 1 aliphatic heterocycles. The van der Waals surface area contributed by atoms with E-state index in [1.807, 2.05) is 32.4 Å². The minimum absolute atomic E-state index is 0.0708. The van der Waals surface area contributed by atoms with E-state index in [9.17, 15) is 4.79 Å². The zero-order chi connectivity index (χ0) is 18.5. The molecule has 140 valence electrons. The van der Waals surface area contributed by atoms with Crippen molar-refractivity contribution in [2.24, 2.45) is 13.0 Å². The Bertz CT molecular complexity index is 737. The number of pyridine rings is 1. The van der Waals surface area contributed by atoms with Gasteiger partial charge < -0.3 is 14.8 Å². The van der Waals surface area contributed by atoms with Crippen molar-refractivity contribution in [3.63, 3.8) is 0 Å². The third-order valence-electron chi connectivity index (χ3n) is 4.86. The van der Waals surface area contributed by atoms with Crippen LogP contribution in [0.15, 0.2) is 23.5 Å². The summed E-state index contributed by atoms with van der Waals surface area (Å²) < 4.78 is 2.10. The van der Waals surface area contributed by atoms with Gasteiger partial charge in [0.15, 0.2) is 5.16 Å². The molecule has 0 saturated carbocycles. The van der Waals surface area contributed by atoms with E-state index in [0.29, 0.717) is 18.0 Å². The van der Waals surface area contributed by atoms with E-state index in [0.717, 1.165) is 49.2 Å². The number of nitrogens with one attached hydrogen (secondary N) is 1. The molecular formula is C18H26N6OS. The predicted octanol–water partition coefficient (Wildman–Crippen LogP) is 2.14. The van der Waals surface area contributed by atoms with Gasteiger partial charge in [0.25, 0.3) is 5.91 Å². The highest BCUT2D eigenvalue weighted by molar-refractivity contribution is 7.98. The van der Waals surface area contributed by atoms with Crippen molar-refractivity contribution in [2.45, 2.75) is 31.3 Å². The molecular weight excluding hydrogens is 348 g/mol. The maximum Gasteiger partial charge on any atom is 0.252 e. The van der Waals surface area contributed by atoms with E-state index in [1.54, 1.807) is 18.0 Å². The molecule has 7 nitrogen and oxygen atoms in total. The van der Waals surface area contributed by atoms with Crippen molar-refractivity contribution in [1.82, 2.24) is 25.1 Å². The summed E-state index contributed by atoms with van der Waals surface area (Å²) in [5.74, 6) is 2.56. The molecule has 1 fully saturated rings. The van der Waals surface area contributed by atoms with Gasteiger partial charge in [0, 0.05) is 39.3 Å². The molecule has 26 heavy (non-hydrogen) atoms. The number of piperidine rings is 1. The van der Waals surface area contributed by atoms with Crippen LogP contribution >= 0.6 is 11.8 Å². The summed E-state index contributed by atoms with van der Waals surface area (Å²) >= 11 is 1.63. The van der Waals surface area contributed by atoms with Gasteiger partial charge in [-0.1, -0.05) is 11.8 Å². The van der Waals surface area contributed by atoms with Crippen LogP contribution in [0.5, 0.6) is 0 Å². The second kappa shape index (κ2) is 8.53. The van der Waals surface area contributed by atoms with Crippen LogP contribution < -0.4 is 10.2 Å². The van der Waals surface area contributed by atoms with Crippen molar-refractivity contribution in [1.29, 1.82) is 0 Å². The molecule has 2 aromatic rings. The molecule has 1 aliphatic rings.